The Morgan fingerprint density at radius 2 is 2.12 bits per heavy atom. The van der Waals surface area contributed by atoms with Crippen molar-refractivity contribution in [1.29, 1.82) is 0 Å². The Morgan fingerprint density at radius 1 is 1.41 bits per heavy atom. The molecule has 1 fully saturated rings. The molecule has 0 spiro atoms. The highest BCUT2D eigenvalue weighted by Crippen LogP contribution is 2.21. The topological polar surface area (TPSA) is 82.1 Å². The molecule has 1 unspecified atom stereocenters. The van der Waals surface area contributed by atoms with Crippen molar-refractivity contribution >= 4 is 11.9 Å². The second-order valence-electron chi connectivity index (χ2n) is 3.89. The van der Waals surface area contributed by atoms with Crippen LogP contribution in [0.25, 0.3) is 0 Å². The first-order valence-electron chi connectivity index (χ1n) is 5.69. The van der Waals surface area contributed by atoms with E-state index in [2.05, 4.69) is 0 Å². The fourth-order valence-electron chi connectivity index (χ4n) is 1.62. The molecule has 6 nitrogen and oxygen atoms in total. The molecule has 0 aromatic heterocycles. The van der Waals surface area contributed by atoms with Crippen LogP contribution in [0.1, 0.15) is 33.1 Å². The molecular formula is C11H18O6. The summed E-state index contributed by atoms with van der Waals surface area (Å²) in [5.41, 5.74) is 0. The highest BCUT2D eigenvalue weighted by atomic mass is 16.6. The summed E-state index contributed by atoms with van der Waals surface area (Å²) >= 11 is 0. The molecule has 1 rings (SSSR count). The van der Waals surface area contributed by atoms with Gasteiger partial charge in [0.15, 0.2) is 6.29 Å². The van der Waals surface area contributed by atoms with E-state index in [9.17, 15) is 14.7 Å². The van der Waals surface area contributed by atoms with Gasteiger partial charge in [-0.1, -0.05) is 6.92 Å². The molecule has 0 bridgehead atoms. The largest absolute Gasteiger partial charge is 0.463 e. The summed E-state index contributed by atoms with van der Waals surface area (Å²) in [7, 11) is 0. The fraction of sp³-hybridized carbons (Fsp3) is 0.818. The maximum Gasteiger partial charge on any atom is 0.305 e. The van der Waals surface area contributed by atoms with Crippen LogP contribution in [0.5, 0.6) is 0 Å². The first-order valence-corrected chi connectivity index (χ1v) is 5.69. The van der Waals surface area contributed by atoms with Gasteiger partial charge >= 0.3 is 11.9 Å². The highest BCUT2D eigenvalue weighted by molar-refractivity contribution is 5.68. The van der Waals surface area contributed by atoms with Crippen molar-refractivity contribution in [2.45, 2.75) is 51.6 Å². The standard InChI is InChI=1S/C11H18O6/c1-3-10(13)15-6-9-8(16-7(2)12)4-5-11(14)17-9/h8-9,11,14H,3-6H2,1-2H3/t8-,9+,11?/m0/s1. The highest BCUT2D eigenvalue weighted by Gasteiger charge is 2.33. The lowest BCUT2D eigenvalue weighted by Crippen LogP contribution is -2.44. The van der Waals surface area contributed by atoms with Gasteiger partial charge in [-0.05, 0) is 6.42 Å². The molecule has 0 aromatic carbocycles. The number of ether oxygens (including phenoxy) is 3. The summed E-state index contributed by atoms with van der Waals surface area (Å²) in [6, 6.07) is 0. The summed E-state index contributed by atoms with van der Waals surface area (Å²) in [5, 5.41) is 9.35. The number of carbonyl (C=O) groups is 2. The van der Waals surface area contributed by atoms with Gasteiger partial charge in [-0.25, -0.2) is 0 Å². The molecule has 0 amide bonds. The molecular weight excluding hydrogens is 228 g/mol. The maximum absolute atomic E-state index is 11.0. The predicted molar refractivity (Wildman–Crippen MR) is 56.9 cm³/mol. The van der Waals surface area contributed by atoms with E-state index >= 15 is 0 Å². The molecule has 3 atom stereocenters. The van der Waals surface area contributed by atoms with E-state index in [4.69, 9.17) is 14.2 Å². The van der Waals surface area contributed by atoms with E-state index in [1.54, 1.807) is 6.92 Å². The second kappa shape index (κ2) is 6.56. The normalized spacial score (nSPS) is 28.5. The molecule has 6 heteroatoms. The Labute approximate surface area is 99.8 Å². The summed E-state index contributed by atoms with van der Waals surface area (Å²) in [6.45, 7) is 2.98. The van der Waals surface area contributed by atoms with Crippen molar-refractivity contribution in [1.82, 2.24) is 0 Å². The summed E-state index contributed by atoms with van der Waals surface area (Å²) in [5.74, 6) is -0.767. The number of hydrogen-bond acceptors (Lipinski definition) is 6. The number of carbonyl (C=O) groups excluding carboxylic acids is 2. The molecule has 17 heavy (non-hydrogen) atoms. The van der Waals surface area contributed by atoms with Gasteiger partial charge in [0, 0.05) is 19.8 Å². The zero-order valence-electron chi connectivity index (χ0n) is 10.0. The quantitative estimate of drug-likeness (QED) is 0.722. The van der Waals surface area contributed by atoms with Gasteiger partial charge in [-0.2, -0.15) is 0 Å². The van der Waals surface area contributed by atoms with Gasteiger partial charge in [0.05, 0.1) is 0 Å². The minimum atomic E-state index is -0.896. The Kier molecular flexibility index (Phi) is 5.37. The van der Waals surface area contributed by atoms with E-state index in [-0.39, 0.29) is 19.0 Å². The van der Waals surface area contributed by atoms with E-state index in [1.165, 1.54) is 6.92 Å². The number of esters is 2. The van der Waals surface area contributed by atoms with Crippen LogP contribution in [-0.4, -0.2) is 42.1 Å². The molecule has 0 aromatic rings. The third-order valence-corrected chi connectivity index (χ3v) is 2.46. The van der Waals surface area contributed by atoms with Gasteiger partial charge in [-0.15, -0.1) is 0 Å². The van der Waals surface area contributed by atoms with Crippen molar-refractivity contribution in [2.24, 2.45) is 0 Å². The van der Waals surface area contributed by atoms with Crippen LogP contribution in [0.15, 0.2) is 0 Å². The zero-order chi connectivity index (χ0) is 12.8. The lowest BCUT2D eigenvalue weighted by atomic mass is 10.1. The van der Waals surface area contributed by atoms with Gasteiger partial charge in [0.25, 0.3) is 0 Å². The molecule has 0 radical (unpaired) electrons. The van der Waals surface area contributed by atoms with Gasteiger partial charge in [0.1, 0.15) is 18.8 Å². The number of rotatable bonds is 4. The van der Waals surface area contributed by atoms with Crippen LogP contribution in [-0.2, 0) is 23.8 Å². The van der Waals surface area contributed by atoms with E-state index in [1.807, 2.05) is 0 Å². The molecule has 1 saturated heterocycles. The van der Waals surface area contributed by atoms with Crippen LogP contribution in [0.2, 0.25) is 0 Å². The molecule has 1 heterocycles. The Balaban J connectivity index is 2.49. The van der Waals surface area contributed by atoms with Crippen LogP contribution in [0, 0.1) is 0 Å². The van der Waals surface area contributed by atoms with Crippen molar-refractivity contribution in [3.05, 3.63) is 0 Å². The molecule has 98 valence electrons. The third-order valence-electron chi connectivity index (χ3n) is 2.46. The summed E-state index contributed by atoms with van der Waals surface area (Å²) in [6.07, 6.45) is -0.801. The molecule has 0 aliphatic carbocycles. The number of hydrogen-bond donors (Lipinski definition) is 1. The Morgan fingerprint density at radius 3 is 2.71 bits per heavy atom. The molecule has 1 aliphatic heterocycles. The van der Waals surface area contributed by atoms with Crippen molar-refractivity contribution in [3.63, 3.8) is 0 Å². The predicted octanol–water partition coefficient (Wildman–Crippen LogP) is 0.369. The Bertz CT molecular complexity index is 277. The average Bonchev–Trinajstić information content (AvgIpc) is 2.28. The molecule has 1 N–H and O–H groups in total. The van der Waals surface area contributed by atoms with Gasteiger partial charge in [-0.3, -0.25) is 9.59 Å². The average molecular weight is 246 g/mol. The summed E-state index contributed by atoms with van der Waals surface area (Å²) < 4.78 is 15.2. The van der Waals surface area contributed by atoms with Crippen LogP contribution >= 0.6 is 0 Å². The number of aliphatic hydroxyl groups is 1. The maximum atomic E-state index is 11.0. The third kappa shape index (κ3) is 4.70. The van der Waals surface area contributed by atoms with Gasteiger partial charge < -0.3 is 19.3 Å². The van der Waals surface area contributed by atoms with Crippen LogP contribution in [0.4, 0.5) is 0 Å². The Hall–Kier alpha value is -1.14. The smallest absolute Gasteiger partial charge is 0.305 e. The van der Waals surface area contributed by atoms with E-state index in [0.29, 0.717) is 12.8 Å². The van der Waals surface area contributed by atoms with Crippen molar-refractivity contribution in [3.8, 4) is 0 Å². The van der Waals surface area contributed by atoms with Gasteiger partial charge in [0.2, 0.25) is 0 Å². The molecule has 0 saturated carbocycles. The monoisotopic (exact) mass is 246 g/mol. The first-order chi connectivity index (χ1) is 8.02. The first kappa shape index (κ1) is 13.9. The van der Waals surface area contributed by atoms with E-state index < -0.39 is 24.5 Å². The lowest BCUT2D eigenvalue weighted by molar-refractivity contribution is -0.221. The van der Waals surface area contributed by atoms with Crippen LogP contribution in [0.3, 0.4) is 0 Å². The SMILES string of the molecule is CCC(=O)OC[C@H]1OC(O)CC[C@@H]1OC(C)=O. The fourth-order valence-corrected chi connectivity index (χ4v) is 1.62. The number of aliphatic hydroxyl groups excluding tert-OH is 1. The van der Waals surface area contributed by atoms with Crippen molar-refractivity contribution in [2.75, 3.05) is 6.61 Å². The van der Waals surface area contributed by atoms with Crippen LogP contribution < -0.4 is 0 Å². The minimum Gasteiger partial charge on any atom is -0.463 e. The van der Waals surface area contributed by atoms with E-state index in [0.717, 1.165) is 0 Å². The zero-order valence-corrected chi connectivity index (χ0v) is 10.0. The van der Waals surface area contributed by atoms with Crippen molar-refractivity contribution < 1.29 is 28.9 Å². The lowest BCUT2D eigenvalue weighted by Gasteiger charge is -2.33. The minimum absolute atomic E-state index is 0.0122. The summed E-state index contributed by atoms with van der Waals surface area (Å²) in [4.78, 5) is 21.9. The second-order valence-corrected chi connectivity index (χ2v) is 3.89. The molecule has 1 aliphatic rings.